The summed E-state index contributed by atoms with van der Waals surface area (Å²) < 4.78 is 0. The smallest absolute Gasteiger partial charge is 0.0998 e. The quantitative estimate of drug-likeness (QED) is 0.125. The molecule has 1 heteroatoms. The second-order valence-electron chi connectivity index (χ2n) is 28.6. The minimum absolute atomic E-state index is 0.108. The topological polar surface area (TPSA) is 23.8 Å². The van der Waals surface area contributed by atoms with Crippen molar-refractivity contribution >= 4 is 151 Å². The van der Waals surface area contributed by atoms with Gasteiger partial charge in [-0.05, 0) is 224 Å². The van der Waals surface area contributed by atoms with Crippen molar-refractivity contribution in [2.75, 3.05) is 0 Å². The molecule has 392 valence electrons. The number of hydrogen-bond donors (Lipinski definition) is 0. The molecule has 0 unspecified atom stereocenters. The lowest BCUT2D eigenvalue weighted by molar-refractivity contribution is 0.568. The Morgan fingerprint density at radius 1 is 0.244 bits per heavy atom. The third-order valence-corrected chi connectivity index (χ3v) is 19.8. The van der Waals surface area contributed by atoms with Gasteiger partial charge in [0, 0.05) is 5.39 Å². The molecule has 17 aromatic rings. The molecule has 0 bridgehead atoms. The van der Waals surface area contributed by atoms with Crippen molar-refractivity contribution in [3.63, 3.8) is 0 Å². The molecule has 1 nitrogen and oxygen atoms in total. The molecule has 0 saturated heterocycles. The number of hydrogen-bond acceptors (Lipinski definition) is 1. The summed E-state index contributed by atoms with van der Waals surface area (Å²) in [6.07, 6.45) is 0. The number of benzene rings is 13. The fraction of sp³-hybridized carbons (Fsp3) is 0.198. The van der Waals surface area contributed by atoms with Crippen LogP contribution in [0.5, 0.6) is 0 Å². The first-order chi connectivity index (χ1) is 39.2. The molecule has 0 aliphatic rings. The molecule has 0 spiro atoms. The Morgan fingerprint density at radius 2 is 0.561 bits per heavy atom. The highest BCUT2D eigenvalue weighted by molar-refractivity contribution is 6.52. The predicted octanol–water partition coefficient (Wildman–Crippen LogP) is 23.4. The van der Waals surface area contributed by atoms with Crippen LogP contribution in [-0.2, 0) is 21.7 Å². The van der Waals surface area contributed by atoms with Gasteiger partial charge in [0.2, 0.25) is 0 Å². The molecule has 0 aliphatic carbocycles. The van der Waals surface area contributed by atoms with E-state index >= 15 is 0 Å². The van der Waals surface area contributed by atoms with Gasteiger partial charge in [-0.2, -0.15) is 5.26 Å². The summed E-state index contributed by atoms with van der Waals surface area (Å²) in [6.45, 7) is 28.3. The van der Waals surface area contributed by atoms with Crippen molar-refractivity contribution < 1.29 is 0 Å². The van der Waals surface area contributed by atoms with Crippen molar-refractivity contribution in [1.29, 1.82) is 5.26 Å². The van der Waals surface area contributed by atoms with Crippen LogP contribution in [0.3, 0.4) is 0 Å². The standard InChI is InChI=1S/C81H63N/c1-78(2,3)45-33-43(34-46(38-45)79(4,5)6)65-74-58-22-16-20-49-42(40-82)23-24-59(67(49)58)75(74)66(44-35-47(80(7,8)9)39-48(36-44)81(10,11)12)77-62-32-29-56-54-27-30-60-70-57(26-25-53(68(54)70)55-28-31-61(76(65)77)71(62)69(55)56)63-37-41-17-15-21-51-50-18-13-14-19-52(50)73(64(41)51)72(60)63/h13-39H,1-12H3. The van der Waals surface area contributed by atoms with E-state index in [1.165, 1.54) is 190 Å². The van der Waals surface area contributed by atoms with Crippen LogP contribution >= 0.6 is 0 Å². The molecule has 17 rings (SSSR count). The summed E-state index contributed by atoms with van der Waals surface area (Å²) >= 11 is 0. The third kappa shape index (κ3) is 6.02. The minimum Gasteiger partial charge on any atom is -0.192 e. The van der Waals surface area contributed by atoms with Crippen molar-refractivity contribution in [2.45, 2.75) is 105 Å². The lowest BCUT2D eigenvalue weighted by Gasteiger charge is -2.28. The molecule has 0 aromatic heterocycles. The van der Waals surface area contributed by atoms with Crippen LogP contribution in [0.15, 0.2) is 164 Å². The van der Waals surface area contributed by atoms with Crippen LogP contribution in [-0.4, -0.2) is 0 Å². The van der Waals surface area contributed by atoms with Crippen LogP contribution < -0.4 is 0 Å². The molecular formula is C81H63N. The van der Waals surface area contributed by atoms with Crippen molar-refractivity contribution in [2.24, 2.45) is 0 Å². The lowest BCUT2D eigenvalue weighted by Crippen LogP contribution is -2.16. The van der Waals surface area contributed by atoms with Gasteiger partial charge in [-0.15, -0.1) is 0 Å². The van der Waals surface area contributed by atoms with Crippen LogP contribution in [0, 0.1) is 11.3 Å². The zero-order valence-corrected chi connectivity index (χ0v) is 49.0. The SMILES string of the molecule is CC(C)(C)c1cc(-c2c3c4cccc5c(C#N)ccc(c3c(-c3cc(C(C)(C)C)cc(C(C)(C)C)c3)c3c6ccc7c8ccc9c%10c(ccc(c%11ccc(c23)c6c%117)c8%10)c2cc3cccc6c7ccccc7c(c36)c29)c54)cc(C(C)(C)C)c1. The maximum Gasteiger partial charge on any atom is 0.0998 e. The molecule has 17 aromatic carbocycles. The average molecular weight is 1050 g/mol. The molecule has 0 saturated carbocycles. The fourth-order valence-electron chi connectivity index (χ4n) is 15.7. The maximum atomic E-state index is 10.8. The summed E-state index contributed by atoms with van der Waals surface area (Å²) in [7, 11) is 0. The van der Waals surface area contributed by atoms with Crippen LogP contribution in [0.25, 0.3) is 173 Å². The van der Waals surface area contributed by atoms with Crippen LogP contribution in [0.1, 0.15) is 111 Å². The number of fused-ring (bicyclic) bond motifs is 15. The van der Waals surface area contributed by atoms with Gasteiger partial charge in [0.25, 0.3) is 0 Å². The summed E-state index contributed by atoms with van der Waals surface area (Å²) in [5, 5.41) is 47.3. The Bertz CT molecular complexity index is 5460. The van der Waals surface area contributed by atoms with Gasteiger partial charge >= 0.3 is 0 Å². The van der Waals surface area contributed by atoms with Crippen LogP contribution in [0.4, 0.5) is 0 Å². The Morgan fingerprint density at radius 3 is 1.05 bits per heavy atom. The van der Waals surface area contributed by atoms with Gasteiger partial charge in [-0.1, -0.05) is 235 Å². The molecule has 82 heavy (non-hydrogen) atoms. The van der Waals surface area contributed by atoms with Gasteiger partial charge < -0.3 is 0 Å². The van der Waals surface area contributed by atoms with Crippen molar-refractivity contribution in [3.8, 4) is 28.3 Å². The second-order valence-corrected chi connectivity index (χ2v) is 28.6. The fourth-order valence-corrected chi connectivity index (χ4v) is 15.7. The number of rotatable bonds is 2. The summed E-state index contributed by atoms with van der Waals surface area (Å²) in [6, 6.07) is 66.9. The highest BCUT2D eigenvalue weighted by atomic mass is 14.4. The first-order valence-corrected chi connectivity index (χ1v) is 29.6. The Labute approximate surface area is 478 Å². The number of nitrogens with zero attached hydrogens (tertiary/aromatic N) is 1. The van der Waals surface area contributed by atoms with Gasteiger partial charge in [-0.25, -0.2) is 0 Å². The summed E-state index contributed by atoms with van der Waals surface area (Å²) in [5.41, 5.74) is 10.7. The second kappa shape index (κ2) is 15.4. The molecule has 0 aliphatic heterocycles. The van der Waals surface area contributed by atoms with E-state index in [-0.39, 0.29) is 21.7 Å². The highest BCUT2D eigenvalue weighted by Gasteiger charge is 2.33. The van der Waals surface area contributed by atoms with E-state index in [4.69, 9.17) is 0 Å². The van der Waals surface area contributed by atoms with E-state index < -0.39 is 0 Å². The monoisotopic (exact) mass is 1050 g/mol. The molecule has 0 amide bonds. The summed E-state index contributed by atoms with van der Waals surface area (Å²) in [4.78, 5) is 0. The van der Waals surface area contributed by atoms with Gasteiger partial charge in [0.15, 0.2) is 0 Å². The van der Waals surface area contributed by atoms with Gasteiger partial charge in [-0.3, -0.25) is 0 Å². The molecule has 0 heterocycles. The Balaban J connectivity index is 1.10. The van der Waals surface area contributed by atoms with Crippen LogP contribution in [0.2, 0.25) is 0 Å². The highest BCUT2D eigenvalue weighted by Crippen LogP contribution is 2.59. The number of nitriles is 1. The van der Waals surface area contributed by atoms with E-state index in [0.717, 1.165) is 5.39 Å². The average Bonchev–Trinajstić information content (AvgIpc) is 1.98. The Kier molecular flexibility index (Phi) is 8.99. The summed E-state index contributed by atoms with van der Waals surface area (Å²) in [5.74, 6) is 0. The normalized spacial score (nSPS) is 13.6. The molecule has 0 N–H and O–H groups in total. The zero-order chi connectivity index (χ0) is 56.2. The van der Waals surface area contributed by atoms with E-state index in [1.54, 1.807) is 0 Å². The Hall–Kier alpha value is -8.83. The van der Waals surface area contributed by atoms with E-state index in [0.29, 0.717) is 5.56 Å². The first-order valence-electron chi connectivity index (χ1n) is 29.6. The molecule has 0 radical (unpaired) electrons. The molecular weight excluding hydrogens is 987 g/mol. The van der Waals surface area contributed by atoms with Gasteiger partial charge in [0.05, 0.1) is 11.6 Å². The van der Waals surface area contributed by atoms with E-state index in [9.17, 15) is 5.26 Å². The largest absolute Gasteiger partial charge is 0.192 e. The van der Waals surface area contributed by atoms with Gasteiger partial charge in [0.1, 0.15) is 0 Å². The zero-order valence-electron chi connectivity index (χ0n) is 49.0. The minimum atomic E-state index is -0.108. The van der Waals surface area contributed by atoms with E-state index in [1.807, 2.05) is 0 Å². The lowest BCUT2D eigenvalue weighted by atomic mass is 9.76. The third-order valence-electron chi connectivity index (χ3n) is 19.8. The van der Waals surface area contributed by atoms with Crippen molar-refractivity contribution in [1.82, 2.24) is 0 Å². The maximum absolute atomic E-state index is 10.8. The predicted molar refractivity (Wildman–Crippen MR) is 358 cm³/mol. The van der Waals surface area contributed by atoms with E-state index in [2.05, 4.69) is 253 Å². The molecule has 0 fully saturated rings. The first kappa shape index (κ1) is 47.9. The van der Waals surface area contributed by atoms with Crippen molar-refractivity contribution in [3.05, 3.63) is 192 Å². The molecule has 0 atom stereocenters.